The van der Waals surface area contributed by atoms with Crippen LogP contribution in [0.15, 0.2) is 11.2 Å². The number of sulfone groups is 1. The molecule has 1 saturated heterocycles. The number of nitrogen functional groups attached to an aromatic ring is 1. The van der Waals surface area contributed by atoms with Gasteiger partial charge in [0.1, 0.15) is 5.82 Å². The average molecular weight is 358 g/mol. The minimum absolute atomic E-state index is 0.0534. The number of hydrogen-bond acceptors (Lipinski definition) is 7. The van der Waals surface area contributed by atoms with Crippen LogP contribution in [0.2, 0.25) is 0 Å². The highest BCUT2D eigenvalue weighted by Gasteiger charge is 2.35. The van der Waals surface area contributed by atoms with Gasteiger partial charge in [0, 0.05) is 24.3 Å². The molecule has 0 aliphatic carbocycles. The Balaban J connectivity index is 2.08. The molecular formula is C14H22N4O3S2. The van der Waals surface area contributed by atoms with Crippen LogP contribution in [0.25, 0.3) is 0 Å². The van der Waals surface area contributed by atoms with Gasteiger partial charge in [0.05, 0.1) is 16.8 Å². The second-order valence-corrected chi connectivity index (χ2v) is 9.19. The minimum atomic E-state index is -3.02. The van der Waals surface area contributed by atoms with Crippen LogP contribution in [0.3, 0.4) is 0 Å². The van der Waals surface area contributed by atoms with Crippen LogP contribution < -0.4 is 5.73 Å². The molecule has 0 saturated carbocycles. The number of aryl methyl sites for hydroxylation is 1. The van der Waals surface area contributed by atoms with E-state index in [-0.39, 0.29) is 23.5 Å². The van der Waals surface area contributed by atoms with Gasteiger partial charge in [-0.3, -0.25) is 4.79 Å². The normalized spacial score (nSPS) is 21.1. The number of carbonyl (C=O) groups excluding carboxylic acids is 1. The highest BCUT2D eigenvalue weighted by Crippen LogP contribution is 2.25. The number of thioether (sulfide) groups is 1. The number of anilines is 1. The molecule has 9 heteroatoms. The standard InChI is InChI=1S/C14H22N4O3S2/c1-4-18(11-5-6-23(20,21)8-11)13(19)10(3)22-14-16-9(2)7-12(15)17-14/h7,10-11H,4-6,8H2,1-3H3,(H2,15,16,17). The maximum absolute atomic E-state index is 12.7. The van der Waals surface area contributed by atoms with Crippen molar-refractivity contribution < 1.29 is 13.2 Å². The molecule has 23 heavy (non-hydrogen) atoms. The molecule has 0 radical (unpaired) electrons. The molecule has 1 aliphatic heterocycles. The molecule has 2 heterocycles. The lowest BCUT2D eigenvalue weighted by atomic mass is 10.2. The second-order valence-electron chi connectivity index (χ2n) is 5.66. The number of carbonyl (C=O) groups is 1. The Hall–Kier alpha value is -1.35. The van der Waals surface area contributed by atoms with Crippen LogP contribution in [0.1, 0.15) is 26.0 Å². The lowest BCUT2D eigenvalue weighted by molar-refractivity contribution is -0.131. The van der Waals surface area contributed by atoms with Gasteiger partial charge >= 0.3 is 0 Å². The van der Waals surface area contributed by atoms with E-state index in [1.807, 2.05) is 13.8 Å². The first kappa shape index (κ1) is 18.0. The summed E-state index contributed by atoms with van der Waals surface area (Å²) in [7, 11) is -3.02. The van der Waals surface area contributed by atoms with Crippen LogP contribution in [0.5, 0.6) is 0 Å². The molecule has 0 spiro atoms. The van der Waals surface area contributed by atoms with Crippen molar-refractivity contribution in [2.45, 2.75) is 43.6 Å². The van der Waals surface area contributed by atoms with Crippen molar-refractivity contribution >= 4 is 33.3 Å². The molecule has 1 aromatic rings. The summed E-state index contributed by atoms with van der Waals surface area (Å²) in [5, 5.41) is 0.0536. The van der Waals surface area contributed by atoms with Crippen molar-refractivity contribution in [3.05, 3.63) is 11.8 Å². The third kappa shape index (κ3) is 4.57. The largest absolute Gasteiger partial charge is 0.384 e. The molecule has 2 unspecified atom stereocenters. The lowest BCUT2D eigenvalue weighted by Gasteiger charge is -2.29. The maximum Gasteiger partial charge on any atom is 0.236 e. The zero-order valence-electron chi connectivity index (χ0n) is 13.5. The summed E-state index contributed by atoms with van der Waals surface area (Å²) in [6.07, 6.45) is 0.507. The molecule has 1 aliphatic rings. The lowest BCUT2D eigenvalue weighted by Crippen LogP contribution is -2.44. The zero-order valence-corrected chi connectivity index (χ0v) is 15.2. The number of nitrogens with zero attached hydrogens (tertiary/aromatic N) is 3. The molecule has 1 fully saturated rings. The molecule has 128 valence electrons. The van der Waals surface area contributed by atoms with Gasteiger partial charge in [-0.05, 0) is 27.2 Å². The topological polar surface area (TPSA) is 106 Å². The van der Waals surface area contributed by atoms with E-state index in [2.05, 4.69) is 9.97 Å². The van der Waals surface area contributed by atoms with Gasteiger partial charge in [0.15, 0.2) is 15.0 Å². The Morgan fingerprint density at radius 2 is 2.22 bits per heavy atom. The third-order valence-corrected chi connectivity index (χ3v) is 6.46. The SMILES string of the molecule is CCN(C(=O)C(C)Sc1nc(C)cc(N)n1)C1CCS(=O)(=O)C1. The van der Waals surface area contributed by atoms with Crippen molar-refractivity contribution in [3.8, 4) is 0 Å². The smallest absolute Gasteiger partial charge is 0.236 e. The molecular weight excluding hydrogens is 336 g/mol. The Morgan fingerprint density at radius 3 is 2.74 bits per heavy atom. The van der Waals surface area contributed by atoms with E-state index < -0.39 is 15.1 Å². The Kier molecular flexibility index (Phi) is 5.51. The number of nitrogens with two attached hydrogens (primary N) is 1. The van der Waals surface area contributed by atoms with Crippen molar-refractivity contribution in [1.29, 1.82) is 0 Å². The summed E-state index contributed by atoms with van der Waals surface area (Å²) in [5.41, 5.74) is 6.44. The van der Waals surface area contributed by atoms with Gasteiger partial charge in [0.2, 0.25) is 5.91 Å². The molecule has 0 aromatic carbocycles. The van der Waals surface area contributed by atoms with Crippen molar-refractivity contribution in [3.63, 3.8) is 0 Å². The first-order valence-corrected chi connectivity index (χ1v) is 10.2. The van der Waals surface area contributed by atoms with E-state index in [0.717, 1.165) is 5.69 Å². The number of hydrogen-bond donors (Lipinski definition) is 1. The summed E-state index contributed by atoms with van der Waals surface area (Å²) in [6.45, 7) is 5.94. The highest BCUT2D eigenvalue weighted by atomic mass is 32.2. The van der Waals surface area contributed by atoms with Gasteiger partial charge in [-0.1, -0.05) is 11.8 Å². The van der Waals surface area contributed by atoms with E-state index in [9.17, 15) is 13.2 Å². The quantitative estimate of drug-likeness (QED) is 0.615. The fourth-order valence-electron chi connectivity index (χ4n) is 2.67. The molecule has 2 N–H and O–H groups in total. The van der Waals surface area contributed by atoms with Crippen LogP contribution in [0.4, 0.5) is 5.82 Å². The molecule has 7 nitrogen and oxygen atoms in total. The van der Waals surface area contributed by atoms with Gasteiger partial charge in [0.25, 0.3) is 0 Å². The van der Waals surface area contributed by atoms with Crippen LogP contribution in [0, 0.1) is 6.92 Å². The molecule has 1 amide bonds. The van der Waals surface area contributed by atoms with Crippen LogP contribution in [-0.2, 0) is 14.6 Å². The molecule has 0 bridgehead atoms. The maximum atomic E-state index is 12.7. The van der Waals surface area contributed by atoms with E-state index >= 15 is 0 Å². The monoisotopic (exact) mass is 358 g/mol. The number of rotatable bonds is 5. The molecule has 2 rings (SSSR count). The van der Waals surface area contributed by atoms with E-state index in [1.54, 1.807) is 17.9 Å². The third-order valence-electron chi connectivity index (χ3n) is 3.76. The second kappa shape index (κ2) is 7.04. The average Bonchev–Trinajstić information content (AvgIpc) is 2.78. The van der Waals surface area contributed by atoms with Gasteiger partial charge in [-0.2, -0.15) is 0 Å². The van der Waals surface area contributed by atoms with E-state index in [0.29, 0.717) is 23.9 Å². The molecule has 2 atom stereocenters. The zero-order chi connectivity index (χ0) is 17.2. The van der Waals surface area contributed by atoms with Crippen LogP contribution >= 0.6 is 11.8 Å². The van der Waals surface area contributed by atoms with Crippen molar-refractivity contribution in [2.75, 3.05) is 23.8 Å². The Morgan fingerprint density at radius 1 is 1.52 bits per heavy atom. The van der Waals surface area contributed by atoms with E-state index in [4.69, 9.17) is 5.73 Å². The minimum Gasteiger partial charge on any atom is -0.384 e. The van der Waals surface area contributed by atoms with Gasteiger partial charge in [-0.15, -0.1) is 0 Å². The summed E-state index contributed by atoms with van der Waals surface area (Å²) in [6, 6.07) is 1.43. The summed E-state index contributed by atoms with van der Waals surface area (Å²) < 4.78 is 23.3. The van der Waals surface area contributed by atoms with Gasteiger partial charge < -0.3 is 10.6 Å². The fourth-order valence-corrected chi connectivity index (χ4v) is 5.31. The fraction of sp³-hybridized carbons (Fsp3) is 0.643. The predicted molar refractivity (Wildman–Crippen MR) is 90.9 cm³/mol. The predicted octanol–water partition coefficient (Wildman–Crippen LogP) is 0.883. The molecule has 1 aromatic heterocycles. The first-order chi connectivity index (χ1) is 10.7. The number of amides is 1. The van der Waals surface area contributed by atoms with Gasteiger partial charge in [-0.25, -0.2) is 18.4 Å². The van der Waals surface area contributed by atoms with Crippen molar-refractivity contribution in [2.24, 2.45) is 0 Å². The summed E-state index contributed by atoms with van der Waals surface area (Å²) in [5.74, 6) is 0.482. The summed E-state index contributed by atoms with van der Waals surface area (Å²) >= 11 is 1.24. The number of aromatic nitrogens is 2. The highest BCUT2D eigenvalue weighted by molar-refractivity contribution is 8.00. The van der Waals surface area contributed by atoms with E-state index in [1.165, 1.54) is 11.8 Å². The summed E-state index contributed by atoms with van der Waals surface area (Å²) in [4.78, 5) is 22.7. The Labute approximate surface area is 141 Å². The first-order valence-electron chi connectivity index (χ1n) is 7.50. The van der Waals surface area contributed by atoms with Crippen LogP contribution in [-0.4, -0.2) is 58.5 Å². The Bertz CT molecular complexity index is 673. The van der Waals surface area contributed by atoms with Crippen molar-refractivity contribution in [1.82, 2.24) is 14.9 Å².